The van der Waals surface area contributed by atoms with E-state index in [1.165, 1.54) is 19.3 Å². The molecule has 2 nitrogen and oxygen atoms in total. The molecule has 1 aliphatic rings. The molecule has 1 fully saturated rings. The fraction of sp³-hybridized carbons (Fsp3) is 0.647. The summed E-state index contributed by atoms with van der Waals surface area (Å²) in [4.78, 5) is 2.44. The predicted molar refractivity (Wildman–Crippen MR) is 82.4 cm³/mol. The van der Waals surface area contributed by atoms with E-state index in [9.17, 15) is 4.39 Å². The molecule has 2 unspecified atom stereocenters. The number of piperidine rings is 1. The van der Waals surface area contributed by atoms with Crippen molar-refractivity contribution >= 4 is 0 Å². The molecule has 1 aliphatic heterocycles. The number of likely N-dealkylation sites (N-methyl/N-ethyl adjacent to an activating group) is 1. The molecule has 2 atom stereocenters. The van der Waals surface area contributed by atoms with Gasteiger partial charge in [0.15, 0.2) is 0 Å². The molecule has 2 rings (SSSR count). The number of nitrogens with zero attached hydrogens (tertiary/aromatic N) is 1. The fourth-order valence-electron chi connectivity index (χ4n) is 3.00. The minimum atomic E-state index is -0.0961. The Hall–Kier alpha value is -0.930. The van der Waals surface area contributed by atoms with E-state index in [2.05, 4.69) is 30.1 Å². The molecular weight excluding hydrogens is 251 g/mol. The number of halogens is 1. The van der Waals surface area contributed by atoms with Gasteiger partial charge in [-0.3, -0.25) is 4.90 Å². The van der Waals surface area contributed by atoms with Crippen LogP contribution in [0.1, 0.15) is 50.3 Å². The molecule has 1 heterocycles. The van der Waals surface area contributed by atoms with Gasteiger partial charge in [-0.2, -0.15) is 0 Å². The zero-order valence-electron chi connectivity index (χ0n) is 13.0. The van der Waals surface area contributed by atoms with E-state index in [0.717, 1.165) is 30.8 Å². The predicted octanol–water partition coefficient (Wildman–Crippen LogP) is 3.66. The van der Waals surface area contributed by atoms with Gasteiger partial charge in [0.1, 0.15) is 5.82 Å². The normalized spacial score (nSPS) is 21.1. The summed E-state index contributed by atoms with van der Waals surface area (Å²) in [7, 11) is 0. The lowest BCUT2D eigenvalue weighted by Gasteiger charge is -2.34. The minimum absolute atomic E-state index is 0.0961. The van der Waals surface area contributed by atoms with Crippen molar-refractivity contribution in [3.8, 4) is 0 Å². The van der Waals surface area contributed by atoms with E-state index in [0.29, 0.717) is 6.04 Å². The second kappa shape index (κ2) is 7.19. The summed E-state index contributed by atoms with van der Waals surface area (Å²) >= 11 is 0. The number of rotatable bonds is 5. The highest BCUT2D eigenvalue weighted by Gasteiger charge is 2.20. The Morgan fingerprint density at radius 1 is 1.40 bits per heavy atom. The third-order valence-electron chi connectivity index (χ3n) is 4.50. The maximum Gasteiger partial charge on any atom is 0.126 e. The van der Waals surface area contributed by atoms with Crippen LogP contribution < -0.4 is 5.32 Å². The monoisotopic (exact) mass is 278 g/mol. The molecule has 0 radical (unpaired) electrons. The summed E-state index contributed by atoms with van der Waals surface area (Å²) in [5.74, 6) is -0.0961. The summed E-state index contributed by atoms with van der Waals surface area (Å²) < 4.78 is 13.7. The Bertz CT molecular complexity index is 427. The Labute approximate surface area is 122 Å². The van der Waals surface area contributed by atoms with Crippen LogP contribution in [0.25, 0.3) is 0 Å². The zero-order valence-corrected chi connectivity index (χ0v) is 13.0. The number of hydrogen-bond donors (Lipinski definition) is 1. The highest BCUT2D eigenvalue weighted by atomic mass is 19.1. The number of aryl methyl sites for hydroxylation is 1. The Balaban J connectivity index is 2.03. The van der Waals surface area contributed by atoms with Crippen molar-refractivity contribution in [1.82, 2.24) is 10.2 Å². The molecule has 3 heteroatoms. The van der Waals surface area contributed by atoms with Crippen molar-refractivity contribution < 1.29 is 4.39 Å². The molecule has 0 saturated carbocycles. The number of hydrogen-bond acceptors (Lipinski definition) is 2. The van der Waals surface area contributed by atoms with Crippen molar-refractivity contribution in [3.63, 3.8) is 0 Å². The second-order valence-electron chi connectivity index (χ2n) is 5.92. The topological polar surface area (TPSA) is 15.3 Å². The van der Waals surface area contributed by atoms with Crippen LogP contribution in [-0.4, -0.2) is 30.6 Å². The van der Waals surface area contributed by atoms with E-state index >= 15 is 0 Å². The molecule has 0 aliphatic carbocycles. The van der Waals surface area contributed by atoms with Gasteiger partial charge in [0, 0.05) is 18.6 Å². The molecule has 20 heavy (non-hydrogen) atoms. The van der Waals surface area contributed by atoms with Crippen LogP contribution in [0.15, 0.2) is 18.2 Å². The third-order valence-corrected chi connectivity index (χ3v) is 4.50. The molecule has 1 aromatic rings. The molecule has 0 amide bonds. The van der Waals surface area contributed by atoms with Gasteiger partial charge in [0.25, 0.3) is 0 Å². The van der Waals surface area contributed by atoms with E-state index in [-0.39, 0.29) is 11.9 Å². The highest BCUT2D eigenvalue weighted by molar-refractivity contribution is 5.25. The van der Waals surface area contributed by atoms with Gasteiger partial charge < -0.3 is 5.32 Å². The smallest absolute Gasteiger partial charge is 0.126 e. The fourth-order valence-corrected chi connectivity index (χ4v) is 3.00. The first kappa shape index (κ1) is 15.5. The van der Waals surface area contributed by atoms with Crippen LogP contribution in [0.4, 0.5) is 4.39 Å². The molecule has 1 N–H and O–H groups in total. The molecular formula is C17H27FN2. The van der Waals surface area contributed by atoms with Crippen molar-refractivity contribution in [2.75, 3.05) is 19.6 Å². The van der Waals surface area contributed by atoms with E-state index in [1.807, 2.05) is 13.0 Å². The zero-order chi connectivity index (χ0) is 14.5. The minimum Gasteiger partial charge on any atom is -0.313 e. The largest absolute Gasteiger partial charge is 0.313 e. The van der Waals surface area contributed by atoms with Crippen molar-refractivity contribution in [1.29, 1.82) is 0 Å². The van der Waals surface area contributed by atoms with Gasteiger partial charge in [-0.1, -0.05) is 25.5 Å². The van der Waals surface area contributed by atoms with Crippen molar-refractivity contribution in [3.05, 3.63) is 35.1 Å². The molecule has 112 valence electrons. The lowest BCUT2D eigenvalue weighted by atomic mass is 10.0. The molecule has 0 spiro atoms. The Morgan fingerprint density at radius 3 is 2.80 bits per heavy atom. The van der Waals surface area contributed by atoms with Gasteiger partial charge in [-0.05, 0) is 57.0 Å². The number of nitrogens with one attached hydrogen (secondary N) is 1. The van der Waals surface area contributed by atoms with Crippen LogP contribution in [0, 0.1) is 12.7 Å². The lowest BCUT2D eigenvalue weighted by molar-refractivity contribution is 0.184. The third kappa shape index (κ3) is 3.80. The van der Waals surface area contributed by atoms with Gasteiger partial charge in [0.05, 0.1) is 0 Å². The Kier molecular flexibility index (Phi) is 5.55. The lowest BCUT2D eigenvalue weighted by Crippen LogP contribution is -2.44. The van der Waals surface area contributed by atoms with E-state index in [1.54, 1.807) is 6.07 Å². The van der Waals surface area contributed by atoms with Gasteiger partial charge in [0.2, 0.25) is 0 Å². The quantitative estimate of drug-likeness (QED) is 0.884. The average Bonchev–Trinajstić information content (AvgIpc) is 2.48. The Morgan fingerprint density at radius 2 is 2.20 bits per heavy atom. The van der Waals surface area contributed by atoms with E-state index < -0.39 is 0 Å². The summed E-state index contributed by atoms with van der Waals surface area (Å²) in [6.07, 6.45) is 3.87. The molecule has 1 saturated heterocycles. The maximum atomic E-state index is 13.7. The van der Waals surface area contributed by atoms with Gasteiger partial charge in [-0.25, -0.2) is 4.39 Å². The molecule has 0 aromatic heterocycles. The van der Waals surface area contributed by atoms with Gasteiger partial charge >= 0.3 is 0 Å². The first-order chi connectivity index (χ1) is 9.61. The second-order valence-corrected chi connectivity index (χ2v) is 5.92. The first-order valence-electron chi connectivity index (χ1n) is 7.85. The van der Waals surface area contributed by atoms with Crippen LogP contribution in [0.2, 0.25) is 0 Å². The SMILES string of the molecule is CCN(CC1CCCCN1)C(C)c1ccc(C)c(F)c1. The molecule has 0 bridgehead atoms. The van der Waals surface area contributed by atoms with Crippen LogP contribution >= 0.6 is 0 Å². The van der Waals surface area contributed by atoms with Crippen LogP contribution in [0.3, 0.4) is 0 Å². The van der Waals surface area contributed by atoms with Crippen molar-refractivity contribution in [2.24, 2.45) is 0 Å². The highest BCUT2D eigenvalue weighted by Crippen LogP contribution is 2.23. The summed E-state index contributed by atoms with van der Waals surface area (Å²) in [6.45, 7) is 9.35. The number of benzene rings is 1. The maximum absolute atomic E-state index is 13.7. The van der Waals surface area contributed by atoms with Crippen LogP contribution in [-0.2, 0) is 0 Å². The summed E-state index contributed by atoms with van der Waals surface area (Å²) in [5.41, 5.74) is 1.80. The van der Waals surface area contributed by atoms with Crippen LogP contribution in [0.5, 0.6) is 0 Å². The standard InChI is InChI=1S/C17H27FN2/c1-4-20(12-16-7-5-6-10-19-16)14(3)15-9-8-13(2)17(18)11-15/h8-9,11,14,16,19H,4-7,10,12H2,1-3H3. The molecule has 1 aromatic carbocycles. The first-order valence-corrected chi connectivity index (χ1v) is 7.85. The average molecular weight is 278 g/mol. The van der Waals surface area contributed by atoms with E-state index in [4.69, 9.17) is 0 Å². The summed E-state index contributed by atoms with van der Waals surface area (Å²) in [5, 5.41) is 3.59. The van der Waals surface area contributed by atoms with Gasteiger partial charge in [-0.15, -0.1) is 0 Å². The summed E-state index contributed by atoms with van der Waals surface area (Å²) in [6, 6.07) is 6.48. The van der Waals surface area contributed by atoms with Crippen molar-refractivity contribution in [2.45, 2.75) is 52.1 Å².